The Hall–Kier alpha value is -2.04. The zero-order valence-corrected chi connectivity index (χ0v) is 12.6. The molecule has 1 aliphatic heterocycles. The fourth-order valence-corrected chi connectivity index (χ4v) is 2.63. The normalized spacial score (nSPS) is 18.6. The van der Waals surface area contributed by atoms with Crippen LogP contribution in [0.4, 0.5) is 5.69 Å². The summed E-state index contributed by atoms with van der Waals surface area (Å²) in [7, 11) is 0. The highest BCUT2D eigenvalue weighted by atomic mass is 16.5. The molecule has 1 N–H and O–H groups in total. The van der Waals surface area contributed by atoms with E-state index in [0.29, 0.717) is 30.0 Å². The van der Waals surface area contributed by atoms with Crippen LogP contribution in [0.25, 0.3) is 0 Å². The smallest absolute Gasteiger partial charge is 0.326 e. The summed E-state index contributed by atoms with van der Waals surface area (Å²) in [4.78, 5) is 24.9. The van der Waals surface area contributed by atoms with Gasteiger partial charge in [0.2, 0.25) is 0 Å². The van der Waals surface area contributed by atoms with Crippen LogP contribution in [-0.2, 0) is 4.79 Å². The minimum Gasteiger partial charge on any atom is -0.486 e. The molecule has 0 amide bonds. The second-order valence-corrected chi connectivity index (χ2v) is 5.30. The van der Waals surface area contributed by atoms with Crippen LogP contribution in [0.2, 0.25) is 0 Å². The van der Waals surface area contributed by atoms with E-state index in [-0.39, 0.29) is 11.9 Å². The minimum absolute atomic E-state index is 0.0333. The highest BCUT2D eigenvalue weighted by Gasteiger charge is 2.32. The van der Waals surface area contributed by atoms with Crippen LogP contribution in [-0.4, -0.2) is 35.5 Å². The number of rotatable bonds is 5. The number of carboxylic acids is 1. The van der Waals surface area contributed by atoms with E-state index in [2.05, 4.69) is 0 Å². The number of carbonyl (C=O) groups excluding carboxylic acids is 1. The molecule has 0 saturated carbocycles. The van der Waals surface area contributed by atoms with Crippen molar-refractivity contribution in [1.82, 2.24) is 0 Å². The fourth-order valence-electron chi connectivity index (χ4n) is 2.63. The lowest BCUT2D eigenvalue weighted by atomic mass is 10.0. The van der Waals surface area contributed by atoms with Gasteiger partial charge >= 0.3 is 5.97 Å². The van der Waals surface area contributed by atoms with Crippen LogP contribution >= 0.6 is 0 Å². The van der Waals surface area contributed by atoms with E-state index in [4.69, 9.17) is 4.74 Å². The van der Waals surface area contributed by atoms with Crippen LogP contribution in [0, 0.1) is 0 Å². The van der Waals surface area contributed by atoms with Gasteiger partial charge in [0.05, 0.1) is 12.2 Å². The van der Waals surface area contributed by atoms with Crippen molar-refractivity contribution in [2.24, 2.45) is 0 Å². The number of carboxylic acid groups (broad SMARTS) is 1. The molecule has 1 aromatic rings. The van der Waals surface area contributed by atoms with Gasteiger partial charge in [-0.3, -0.25) is 4.79 Å². The largest absolute Gasteiger partial charge is 0.486 e. The van der Waals surface area contributed by atoms with E-state index < -0.39 is 12.0 Å². The minimum atomic E-state index is -0.853. The summed E-state index contributed by atoms with van der Waals surface area (Å²) in [6.45, 7) is 5.89. The molecule has 21 heavy (non-hydrogen) atoms. The van der Waals surface area contributed by atoms with Crippen LogP contribution in [0.5, 0.6) is 5.75 Å². The SMILES string of the molecule is CCC1CN(C(CC)C(=O)O)c2cc(C(C)=O)ccc2O1. The maximum Gasteiger partial charge on any atom is 0.326 e. The first-order valence-electron chi connectivity index (χ1n) is 7.29. The van der Waals surface area contributed by atoms with Crippen LogP contribution in [0.15, 0.2) is 18.2 Å². The Labute approximate surface area is 124 Å². The van der Waals surface area contributed by atoms with Crippen molar-refractivity contribution in [1.29, 1.82) is 0 Å². The van der Waals surface area contributed by atoms with E-state index >= 15 is 0 Å². The molecule has 1 aliphatic rings. The fraction of sp³-hybridized carbons (Fsp3) is 0.500. The number of hydrogen-bond donors (Lipinski definition) is 1. The predicted octanol–water partition coefficient (Wildman–Crippen LogP) is 2.73. The summed E-state index contributed by atoms with van der Waals surface area (Å²) in [5, 5.41) is 9.44. The number of anilines is 1. The zero-order valence-electron chi connectivity index (χ0n) is 12.6. The lowest BCUT2D eigenvalue weighted by Gasteiger charge is -2.39. The number of Topliss-reactive ketones (excluding diaryl/α,β-unsaturated/α-hetero) is 1. The summed E-state index contributed by atoms with van der Waals surface area (Å²) < 4.78 is 5.87. The van der Waals surface area contributed by atoms with Crippen molar-refractivity contribution in [2.75, 3.05) is 11.4 Å². The van der Waals surface area contributed by atoms with Gasteiger partial charge in [0.15, 0.2) is 5.78 Å². The van der Waals surface area contributed by atoms with E-state index in [0.717, 1.165) is 6.42 Å². The Morgan fingerprint density at radius 3 is 2.67 bits per heavy atom. The summed E-state index contributed by atoms with van der Waals surface area (Å²) in [6, 6.07) is 4.60. The lowest BCUT2D eigenvalue weighted by molar-refractivity contribution is -0.138. The van der Waals surface area contributed by atoms with E-state index in [9.17, 15) is 14.7 Å². The van der Waals surface area contributed by atoms with Gasteiger partial charge in [0.1, 0.15) is 17.9 Å². The van der Waals surface area contributed by atoms with Crippen LogP contribution < -0.4 is 9.64 Å². The Morgan fingerprint density at radius 2 is 2.14 bits per heavy atom. The Bertz CT molecular complexity index is 555. The number of hydrogen-bond acceptors (Lipinski definition) is 4. The first-order valence-corrected chi connectivity index (χ1v) is 7.29. The summed E-state index contributed by atoms with van der Waals surface area (Å²) in [5.41, 5.74) is 1.26. The van der Waals surface area contributed by atoms with Gasteiger partial charge in [-0.25, -0.2) is 4.79 Å². The number of nitrogens with zero attached hydrogens (tertiary/aromatic N) is 1. The van der Waals surface area contributed by atoms with E-state index in [1.54, 1.807) is 18.2 Å². The second-order valence-electron chi connectivity index (χ2n) is 5.30. The molecule has 2 atom stereocenters. The van der Waals surface area contributed by atoms with Crippen molar-refractivity contribution >= 4 is 17.4 Å². The van der Waals surface area contributed by atoms with Crippen molar-refractivity contribution in [2.45, 2.75) is 45.8 Å². The number of ketones is 1. The first-order chi connectivity index (χ1) is 9.97. The predicted molar refractivity (Wildman–Crippen MR) is 80.2 cm³/mol. The summed E-state index contributed by atoms with van der Waals surface area (Å²) in [6.07, 6.45) is 1.27. The van der Waals surface area contributed by atoms with Gasteiger partial charge in [0.25, 0.3) is 0 Å². The van der Waals surface area contributed by atoms with Crippen molar-refractivity contribution in [3.63, 3.8) is 0 Å². The monoisotopic (exact) mass is 291 g/mol. The molecule has 1 aromatic carbocycles. The van der Waals surface area contributed by atoms with E-state index in [1.165, 1.54) is 6.92 Å². The maximum absolute atomic E-state index is 11.6. The Kier molecular flexibility index (Phi) is 4.50. The van der Waals surface area contributed by atoms with Crippen LogP contribution in [0.3, 0.4) is 0 Å². The molecule has 2 unspecified atom stereocenters. The Morgan fingerprint density at radius 1 is 1.43 bits per heavy atom. The molecule has 0 spiro atoms. The molecule has 0 aliphatic carbocycles. The number of carbonyl (C=O) groups is 2. The second kappa shape index (κ2) is 6.16. The third kappa shape index (κ3) is 3.01. The van der Waals surface area contributed by atoms with Gasteiger partial charge in [-0.2, -0.15) is 0 Å². The topological polar surface area (TPSA) is 66.8 Å². The molecule has 114 valence electrons. The quantitative estimate of drug-likeness (QED) is 0.845. The van der Waals surface area contributed by atoms with Crippen molar-refractivity contribution in [3.8, 4) is 5.75 Å². The zero-order chi connectivity index (χ0) is 15.6. The summed E-state index contributed by atoms with van der Waals surface area (Å²) >= 11 is 0. The summed E-state index contributed by atoms with van der Waals surface area (Å²) in [5.74, 6) is -0.245. The molecule has 1 heterocycles. The third-order valence-electron chi connectivity index (χ3n) is 3.87. The average molecular weight is 291 g/mol. The standard InChI is InChI=1S/C16H21NO4/c1-4-12-9-17(13(5-2)16(19)20)14-8-11(10(3)18)6-7-15(14)21-12/h6-8,12-13H,4-5,9H2,1-3H3,(H,19,20). The van der Waals surface area contributed by atoms with Gasteiger partial charge < -0.3 is 14.7 Å². The third-order valence-corrected chi connectivity index (χ3v) is 3.87. The average Bonchev–Trinajstić information content (AvgIpc) is 2.46. The number of benzene rings is 1. The molecule has 0 saturated heterocycles. The van der Waals surface area contributed by atoms with Crippen molar-refractivity contribution < 1.29 is 19.4 Å². The lowest BCUT2D eigenvalue weighted by Crippen LogP contribution is -2.48. The Balaban J connectivity index is 2.48. The number of aliphatic carboxylic acids is 1. The number of fused-ring (bicyclic) bond motifs is 1. The first kappa shape index (κ1) is 15.4. The van der Waals surface area contributed by atoms with Crippen molar-refractivity contribution in [3.05, 3.63) is 23.8 Å². The molecule has 0 fully saturated rings. The molecule has 5 heteroatoms. The molecular formula is C16H21NO4. The highest BCUT2D eigenvalue weighted by Crippen LogP contribution is 2.36. The molecule has 0 aromatic heterocycles. The van der Waals surface area contributed by atoms with Gasteiger partial charge in [-0.15, -0.1) is 0 Å². The molecular weight excluding hydrogens is 270 g/mol. The molecule has 5 nitrogen and oxygen atoms in total. The van der Waals surface area contributed by atoms with E-state index in [1.807, 2.05) is 18.7 Å². The molecule has 0 bridgehead atoms. The molecule has 0 radical (unpaired) electrons. The van der Waals surface area contributed by atoms with Crippen LogP contribution in [0.1, 0.15) is 44.0 Å². The maximum atomic E-state index is 11.6. The highest BCUT2D eigenvalue weighted by molar-refractivity contribution is 5.96. The van der Waals surface area contributed by atoms with Gasteiger partial charge in [0, 0.05) is 5.56 Å². The van der Waals surface area contributed by atoms with Gasteiger partial charge in [-0.1, -0.05) is 13.8 Å². The molecule has 2 rings (SSSR count). The van der Waals surface area contributed by atoms with Gasteiger partial charge in [-0.05, 0) is 38.0 Å². The number of ether oxygens (including phenoxy) is 1.